The molecule has 0 radical (unpaired) electrons. The number of piperidine rings is 1. The Labute approximate surface area is 195 Å². The monoisotopic (exact) mass is 529 g/mol. The van der Waals surface area contributed by atoms with Gasteiger partial charge >= 0.3 is 0 Å². The molecule has 0 amide bonds. The molecule has 3 rings (SSSR count). The summed E-state index contributed by atoms with van der Waals surface area (Å²) in [5, 5.41) is 13.5. The van der Waals surface area contributed by atoms with Crippen molar-refractivity contribution in [1.29, 1.82) is 0 Å². The molecule has 8 nitrogen and oxygen atoms in total. The van der Waals surface area contributed by atoms with Crippen LogP contribution in [0, 0.1) is 5.92 Å². The Morgan fingerprint density at radius 1 is 1.30 bits per heavy atom. The molecule has 166 valence electrons. The number of phenols is 1. The van der Waals surface area contributed by atoms with Crippen LogP contribution in [-0.4, -0.2) is 59.4 Å². The maximum atomic E-state index is 10.1. The van der Waals surface area contributed by atoms with Crippen LogP contribution in [0.25, 0.3) is 0 Å². The Bertz CT molecular complexity index is 803. The van der Waals surface area contributed by atoms with Crippen LogP contribution in [0.3, 0.4) is 0 Å². The molecule has 1 aromatic carbocycles. The van der Waals surface area contributed by atoms with Gasteiger partial charge in [0.15, 0.2) is 17.5 Å². The third kappa shape index (κ3) is 5.50. The molecule has 30 heavy (non-hydrogen) atoms. The van der Waals surface area contributed by atoms with Gasteiger partial charge < -0.3 is 29.4 Å². The van der Waals surface area contributed by atoms with Crippen molar-refractivity contribution in [3.8, 4) is 17.2 Å². The standard InChI is InChI=1S/C21H31N5O3.HI/c1-5-23-21(24-12-16-10-18(28-3)20(27)19(11-16)29-4)25-8-6-15(2)17(13-25)26-9-7-22-14-26;/h7,9-11,14-15,17,27H,5-6,8,12-13H2,1-4H3,(H,23,24);1H. The van der Waals surface area contributed by atoms with E-state index in [1.165, 1.54) is 14.2 Å². The summed E-state index contributed by atoms with van der Waals surface area (Å²) in [7, 11) is 3.05. The van der Waals surface area contributed by atoms with Gasteiger partial charge in [0.25, 0.3) is 0 Å². The van der Waals surface area contributed by atoms with E-state index in [1.807, 2.05) is 18.7 Å². The zero-order valence-corrected chi connectivity index (χ0v) is 20.4. The second-order valence-electron chi connectivity index (χ2n) is 7.31. The summed E-state index contributed by atoms with van der Waals surface area (Å²) in [5.74, 6) is 2.23. The number of benzene rings is 1. The minimum atomic E-state index is 0. The van der Waals surface area contributed by atoms with Gasteiger partial charge in [0, 0.05) is 32.0 Å². The number of imidazole rings is 1. The van der Waals surface area contributed by atoms with E-state index in [0.29, 0.717) is 30.0 Å². The number of hydrogen-bond donors (Lipinski definition) is 2. The number of nitrogens with zero attached hydrogens (tertiary/aromatic N) is 4. The van der Waals surface area contributed by atoms with Crippen LogP contribution in [0.2, 0.25) is 0 Å². The van der Waals surface area contributed by atoms with E-state index < -0.39 is 0 Å². The van der Waals surface area contributed by atoms with Crippen molar-refractivity contribution in [3.63, 3.8) is 0 Å². The van der Waals surface area contributed by atoms with E-state index in [9.17, 15) is 5.11 Å². The van der Waals surface area contributed by atoms with Gasteiger partial charge in [-0.2, -0.15) is 0 Å². The van der Waals surface area contributed by atoms with Gasteiger partial charge in [-0.15, -0.1) is 24.0 Å². The van der Waals surface area contributed by atoms with Crippen LogP contribution in [-0.2, 0) is 6.54 Å². The lowest BCUT2D eigenvalue weighted by atomic mass is 9.93. The lowest BCUT2D eigenvalue weighted by molar-refractivity contribution is 0.189. The fraction of sp³-hybridized carbons (Fsp3) is 0.524. The summed E-state index contributed by atoms with van der Waals surface area (Å²) in [6, 6.07) is 3.94. The molecule has 2 unspecified atom stereocenters. The largest absolute Gasteiger partial charge is 0.502 e. The molecule has 1 aliphatic rings. The van der Waals surface area contributed by atoms with Crippen molar-refractivity contribution < 1.29 is 14.6 Å². The highest BCUT2D eigenvalue weighted by Gasteiger charge is 2.28. The molecule has 2 N–H and O–H groups in total. The van der Waals surface area contributed by atoms with E-state index >= 15 is 0 Å². The van der Waals surface area contributed by atoms with Gasteiger partial charge in [0.1, 0.15) is 0 Å². The maximum absolute atomic E-state index is 10.1. The fourth-order valence-corrected chi connectivity index (χ4v) is 3.73. The van der Waals surface area contributed by atoms with E-state index in [2.05, 4.69) is 33.6 Å². The SMILES string of the molecule is CCNC(=NCc1cc(OC)c(O)c(OC)c1)N1CCC(C)C(n2ccnc2)C1.I. The number of ether oxygens (including phenoxy) is 2. The average Bonchev–Trinajstić information content (AvgIpc) is 3.27. The molecule has 0 saturated carbocycles. The molecular formula is C21H32IN5O3. The number of guanidine groups is 1. The second kappa shape index (κ2) is 11.3. The van der Waals surface area contributed by atoms with Crippen LogP contribution >= 0.6 is 24.0 Å². The van der Waals surface area contributed by atoms with Gasteiger partial charge in [-0.1, -0.05) is 6.92 Å². The average molecular weight is 529 g/mol. The highest BCUT2D eigenvalue weighted by Crippen LogP contribution is 2.37. The maximum Gasteiger partial charge on any atom is 0.200 e. The summed E-state index contributed by atoms with van der Waals surface area (Å²) < 4.78 is 12.7. The minimum absolute atomic E-state index is 0. The van der Waals surface area contributed by atoms with Crippen LogP contribution in [0.4, 0.5) is 0 Å². The first-order valence-corrected chi connectivity index (χ1v) is 10.0. The topological polar surface area (TPSA) is 84.1 Å². The fourth-order valence-electron chi connectivity index (χ4n) is 3.73. The van der Waals surface area contributed by atoms with E-state index in [-0.39, 0.29) is 29.7 Å². The second-order valence-corrected chi connectivity index (χ2v) is 7.31. The normalized spacial score (nSPS) is 19.2. The molecule has 0 bridgehead atoms. The number of halogens is 1. The summed E-state index contributed by atoms with van der Waals surface area (Å²) in [4.78, 5) is 11.4. The van der Waals surface area contributed by atoms with Crippen LogP contribution < -0.4 is 14.8 Å². The van der Waals surface area contributed by atoms with Crippen molar-refractivity contribution >= 4 is 29.9 Å². The van der Waals surface area contributed by atoms with Gasteiger partial charge in [-0.05, 0) is 37.0 Å². The Morgan fingerprint density at radius 2 is 2.00 bits per heavy atom. The first-order valence-electron chi connectivity index (χ1n) is 10.0. The number of methoxy groups -OCH3 is 2. The molecule has 9 heteroatoms. The lowest BCUT2D eigenvalue weighted by Gasteiger charge is -2.39. The summed E-state index contributed by atoms with van der Waals surface area (Å²) in [6.07, 6.45) is 6.85. The van der Waals surface area contributed by atoms with E-state index in [1.54, 1.807) is 12.1 Å². The molecular weight excluding hydrogens is 497 g/mol. The number of nitrogens with one attached hydrogen (secondary N) is 1. The zero-order valence-electron chi connectivity index (χ0n) is 18.0. The number of likely N-dealkylation sites (tertiary alicyclic amines) is 1. The van der Waals surface area contributed by atoms with Crippen molar-refractivity contribution in [2.24, 2.45) is 10.9 Å². The van der Waals surface area contributed by atoms with Crippen molar-refractivity contribution in [3.05, 3.63) is 36.4 Å². The predicted molar refractivity (Wildman–Crippen MR) is 128 cm³/mol. The predicted octanol–water partition coefficient (Wildman–Crippen LogP) is 3.27. The third-order valence-electron chi connectivity index (χ3n) is 5.41. The molecule has 2 atom stereocenters. The van der Waals surface area contributed by atoms with E-state index in [4.69, 9.17) is 14.5 Å². The smallest absolute Gasteiger partial charge is 0.200 e. The summed E-state index contributed by atoms with van der Waals surface area (Å²) in [6.45, 7) is 7.45. The number of aromatic nitrogens is 2. The number of aliphatic imine (C=N–C) groups is 1. The Morgan fingerprint density at radius 3 is 2.57 bits per heavy atom. The molecule has 1 saturated heterocycles. The molecule has 2 aromatic rings. The quantitative estimate of drug-likeness (QED) is 0.340. The highest BCUT2D eigenvalue weighted by atomic mass is 127. The molecule has 2 heterocycles. The third-order valence-corrected chi connectivity index (χ3v) is 5.41. The minimum Gasteiger partial charge on any atom is -0.502 e. The molecule has 1 fully saturated rings. The Balaban J connectivity index is 0.00000320. The Kier molecular flexibility index (Phi) is 9.07. The summed E-state index contributed by atoms with van der Waals surface area (Å²) in [5.41, 5.74) is 0.906. The first-order chi connectivity index (χ1) is 14.1. The Hall–Kier alpha value is -2.17. The summed E-state index contributed by atoms with van der Waals surface area (Å²) >= 11 is 0. The van der Waals surface area contributed by atoms with Crippen LogP contribution in [0.1, 0.15) is 31.9 Å². The number of phenolic OH excluding ortho intramolecular Hbond substituents is 1. The van der Waals surface area contributed by atoms with Crippen molar-refractivity contribution in [1.82, 2.24) is 19.8 Å². The highest BCUT2D eigenvalue weighted by molar-refractivity contribution is 14.0. The van der Waals surface area contributed by atoms with Crippen LogP contribution in [0.5, 0.6) is 17.2 Å². The number of rotatable bonds is 6. The number of hydrogen-bond acceptors (Lipinski definition) is 5. The van der Waals surface area contributed by atoms with Gasteiger partial charge in [-0.25, -0.2) is 9.98 Å². The lowest BCUT2D eigenvalue weighted by Crippen LogP contribution is -2.49. The van der Waals surface area contributed by atoms with Gasteiger partial charge in [-0.3, -0.25) is 0 Å². The van der Waals surface area contributed by atoms with Crippen LogP contribution in [0.15, 0.2) is 35.8 Å². The van der Waals surface area contributed by atoms with Gasteiger partial charge in [0.2, 0.25) is 5.75 Å². The zero-order chi connectivity index (χ0) is 20.8. The van der Waals surface area contributed by atoms with Gasteiger partial charge in [0.05, 0.1) is 33.1 Å². The number of aromatic hydroxyl groups is 1. The molecule has 1 aliphatic heterocycles. The molecule has 0 spiro atoms. The van der Waals surface area contributed by atoms with Crippen molar-refractivity contribution in [2.75, 3.05) is 33.9 Å². The molecule has 1 aromatic heterocycles. The van der Waals surface area contributed by atoms with Crippen molar-refractivity contribution in [2.45, 2.75) is 32.9 Å². The molecule has 0 aliphatic carbocycles. The van der Waals surface area contributed by atoms with E-state index in [0.717, 1.165) is 37.6 Å². The first kappa shape index (κ1) is 24.1.